The predicted molar refractivity (Wildman–Crippen MR) is 73.7 cm³/mol. The lowest BCUT2D eigenvalue weighted by atomic mass is 10.2. The minimum Gasteiger partial charge on any atom is -0.310 e. The number of anilines is 2. The molecule has 3 N–H and O–H groups in total. The molecular formula is C13H12N6O. The van der Waals surface area contributed by atoms with Gasteiger partial charge in [0.25, 0.3) is 5.91 Å². The van der Waals surface area contributed by atoms with Crippen LogP contribution in [-0.2, 0) is 0 Å². The van der Waals surface area contributed by atoms with Crippen LogP contribution < -0.4 is 16.2 Å². The van der Waals surface area contributed by atoms with Crippen LogP contribution in [-0.4, -0.2) is 22.9 Å². The Kier molecular flexibility index (Phi) is 3.88. The first-order valence-corrected chi connectivity index (χ1v) is 5.72. The molecule has 0 atom stereocenters. The van der Waals surface area contributed by atoms with Gasteiger partial charge in [0.15, 0.2) is 5.82 Å². The molecule has 0 unspecified atom stereocenters. The van der Waals surface area contributed by atoms with E-state index in [1.165, 1.54) is 17.3 Å². The molecule has 0 bridgehead atoms. The van der Waals surface area contributed by atoms with Crippen LogP contribution in [0.1, 0.15) is 16.1 Å². The van der Waals surface area contributed by atoms with Gasteiger partial charge in [0.1, 0.15) is 5.69 Å². The van der Waals surface area contributed by atoms with Gasteiger partial charge in [0.05, 0.1) is 24.0 Å². The first-order valence-electron chi connectivity index (χ1n) is 5.72. The third kappa shape index (κ3) is 2.71. The molecule has 0 radical (unpaired) electrons. The molecule has 0 saturated heterocycles. The number of hydrazine groups is 1. The second-order valence-electron chi connectivity index (χ2n) is 3.95. The molecule has 1 heterocycles. The van der Waals surface area contributed by atoms with Crippen LogP contribution >= 0.6 is 0 Å². The molecule has 2 rings (SSSR count). The predicted octanol–water partition coefficient (Wildman–Crippen LogP) is 0.910. The van der Waals surface area contributed by atoms with Crippen molar-refractivity contribution in [2.75, 3.05) is 17.4 Å². The summed E-state index contributed by atoms with van der Waals surface area (Å²) in [6.07, 6.45) is 2.72. The number of rotatable bonds is 3. The van der Waals surface area contributed by atoms with Crippen molar-refractivity contribution < 1.29 is 4.79 Å². The van der Waals surface area contributed by atoms with Gasteiger partial charge in [-0.3, -0.25) is 4.79 Å². The molecule has 1 amide bonds. The lowest BCUT2D eigenvalue weighted by Gasteiger charge is -2.16. The number of amides is 1. The summed E-state index contributed by atoms with van der Waals surface area (Å²) in [5.41, 5.74) is 3.74. The largest absolute Gasteiger partial charge is 0.310 e. The highest BCUT2D eigenvalue weighted by Gasteiger charge is 2.15. The average molecular weight is 268 g/mol. The van der Waals surface area contributed by atoms with Crippen molar-refractivity contribution in [1.82, 2.24) is 9.97 Å². The minimum absolute atomic E-state index is 0.204. The molecule has 1 aromatic heterocycles. The summed E-state index contributed by atoms with van der Waals surface area (Å²) in [5.74, 6) is 5.26. The fraction of sp³-hybridized carbons (Fsp3) is 0.0769. The lowest BCUT2D eigenvalue weighted by molar-refractivity contribution is 0.0988. The zero-order valence-electron chi connectivity index (χ0n) is 10.7. The highest BCUT2D eigenvalue weighted by Crippen LogP contribution is 2.15. The van der Waals surface area contributed by atoms with Gasteiger partial charge in [-0.1, -0.05) is 0 Å². The Hall–Kier alpha value is -2.98. The van der Waals surface area contributed by atoms with Crippen LogP contribution in [0.15, 0.2) is 36.7 Å². The van der Waals surface area contributed by atoms with Crippen LogP contribution in [0.25, 0.3) is 0 Å². The van der Waals surface area contributed by atoms with Crippen LogP contribution in [0.4, 0.5) is 11.5 Å². The van der Waals surface area contributed by atoms with E-state index in [9.17, 15) is 4.79 Å². The SMILES string of the molecule is CN(C(=O)c1cnc(NN)cn1)c1ccc(C#N)cc1. The van der Waals surface area contributed by atoms with E-state index in [2.05, 4.69) is 15.4 Å². The van der Waals surface area contributed by atoms with Gasteiger partial charge in [-0.2, -0.15) is 5.26 Å². The van der Waals surface area contributed by atoms with E-state index in [0.29, 0.717) is 17.1 Å². The highest BCUT2D eigenvalue weighted by molar-refractivity contribution is 6.04. The van der Waals surface area contributed by atoms with Gasteiger partial charge in [-0.05, 0) is 24.3 Å². The van der Waals surface area contributed by atoms with Crippen LogP contribution in [0, 0.1) is 11.3 Å². The van der Waals surface area contributed by atoms with E-state index in [1.807, 2.05) is 6.07 Å². The van der Waals surface area contributed by atoms with E-state index >= 15 is 0 Å². The van der Waals surface area contributed by atoms with Crippen LogP contribution in [0.2, 0.25) is 0 Å². The smallest absolute Gasteiger partial charge is 0.278 e. The summed E-state index contributed by atoms with van der Waals surface area (Å²) in [6.45, 7) is 0. The summed E-state index contributed by atoms with van der Waals surface area (Å²) in [5, 5.41) is 8.74. The number of carbonyl (C=O) groups is 1. The van der Waals surface area contributed by atoms with E-state index < -0.39 is 0 Å². The molecular weight excluding hydrogens is 256 g/mol. The third-order valence-electron chi connectivity index (χ3n) is 2.71. The summed E-state index contributed by atoms with van der Waals surface area (Å²) >= 11 is 0. The van der Waals surface area contributed by atoms with Crippen molar-refractivity contribution in [1.29, 1.82) is 5.26 Å². The monoisotopic (exact) mass is 268 g/mol. The summed E-state index contributed by atoms with van der Waals surface area (Å²) in [7, 11) is 1.63. The Bertz CT molecular complexity index is 644. The number of nitrogens with zero attached hydrogens (tertiary/aromatic N) is 4. The molecule has 0 aliphatic rings. The number of nitrogens with one attached hydrogen (secondary N) is 1. The Morgan fingerprint density at radius 3 is 2.50 bits per heavy atom. The molecule has 7 nitrogen and oxygen atoms in total. The van der Waals surface area contributed by atoms with Crippen molar-refractivity contribution in [2.45, 2.75) is 0 Å². The number of nitriles is 1. The van der Waals surface area contributed by atoms with Crippen LogP contribution in [0.3, 0.4) is 0 Å². The lowest BCUT2D eigenvalue weighted by Crippen LogP contribution is -2.27. The average Bonchev–Trinajstić information content (AvgIpc) is 2.53. The number of aromatic nitrogens is 2. The number of carbonyl (C=O) groups excluding carboxylic acids is 1. The van der Waals surface area contributed by atoms with E-state index in [0.717, 1.165) is 0 Å². The van der Waals surface area contributed by atoms with E-state index in [1.54, 1.807) is 31.3 Å². The molecule has 0 spiro atoms. The van der Waals surface area contributed by atoms with Crippen molar-refractivity contribution >= 4 is 17.4 Å². The van der Waals surface area contributed by atoms with Crippen molar-refractivity contribution in [3.05, 3.63) is 47.9 Å². The Balaban J connectivity index is 2.20. The van der Waals surface area contributed by atoms with Crippen LogP contribution in [0.5, 0.6) is 0 Å². The summed E-state index contributed by atoms with van der Waals surface area (Å²) < 4.78 is 0. The first-order chi connectivity index (χ1) is 9.65. The number of hydrogen-bond acceptors (Lipinski definition) is 6. The highest BCUT2D eigenvalue weighted by atomic mass is 16.2. The zero-order valence-corrected chi connectivity index (χ0v) is 10.7. The molecule has 2 aromatic rings. The van der Waals surface area contributed by atoms with Crippen molar-refractivity contribution in [3.63, 3.8) is 0 Å². The first kappa shape index (κ1) is 13.5. The number of hydrogen-bond donors (Lipinski definition) is 2. The fourth-order valence-electron chi connectivity index (χ4n) is 1.56. The molecule has 0 saturated carbocycles. The Labute approximate surface area is 115 Å². The molecule has 0 aliphatic carbocycles. The normalized spacial score (nSPS) is 9.65. The maximum absolute atomic E-state index is 12.2. The molecule has 0 aliphatic heterocycles. The third-order valence-corrected chi connectivity index (χ3v) is 2.71. The topological polar surface area (TPSA) is 108 Å². The molecule has 7 heteroatoms. The standard InChI is InChI=1S/C13H12N6O/c1-19(10-4-2-9(6-14)3-5-10)13(20)11-7-17-12(18-15)8-16-11/h2-5,7-8H,15H2,1H3,(H,17,18). The van der Waals surface area contributed by atoms with Crippen molar-refractivity contribution in [2.24, 2.45) is 5.84 Å². The zero-order chi connectivity index (χ0) is 14.5. The Morgan fingerprint density at radius 2 is 2.00 bits per heavy atom. The van der Waals surface area contributed by atoms with Gasteiger partial charge >= 0.3 is 0 Å². The number of benzene rings is 1. The van der Waals surface area contributed by atoms with E-state index in [-0.39, 0.29) is 11.6 Å². The number of nitrogens with two attached hydrogens (primary N) is 1. The summed E-state index contributed by atoms with van der Waals surface area (Å²) in [4.78, 5) is 21.6. The van der Waals surface area contributed by atoms with Gasteiger partial charge in [-0.15, -0.1) is 0 Å². The second-order valence-corrected chi connectivity index (χ2v) is 3.95. The van der Waals surface area contributed by atoms with Gasteiger partial charge in [-0.25, -0.2) is 15.8 Å². The quantitative estimate of drug-likeness (QED) is 0.632. The van der Waals surface area contributed by atoms with Gasteiger partial charge in [0.2, 0.25) is 0 Å². The molecule has 1 aromatic carbocycles. The van der Waals surface area contributed by atoms with Gasteiger partial charge < -0.3 is 10.3 Å². The Morgan fingerprint density at radius 1 is 1.30 bits per heavy atom. The molecule has 100 valence electrons. The fourth-order valence-corrected chi connectivity index (χ4v) is 1.56. The molecule has 0 fully saturated rings. The minimum atomic E-state index is -0.300. The maximum atomic E-state index is 12.2. The van der Waals surface area contributed by atoms with Crippen molar-refractivity contribution in [3.8, 4) is 6.07 Å². The van der Waals surface area contributed by atoms with Gasteiger partial charge in [0, 0.05) is 12.7 Å². The maximum Gasteiger partial charge on any atom is 0.278 e. The second kappa shape index (κ2) is 5.77. The molecule has 20 heavy (non-hydrogen) atoms. The van der Waals surface area contributed by atoms with E-state index in [4.69, 9.17) is 11.1 Å². The number of nitrogen functional groups attached to an aromatic ring is 1. The summed E-state index contributed by atoms with van der Waals surface area (Å²) in [6, 6.07) is 8.70.